The molecule has 86 heavy (non-hydrogen) atoms. The summed E-state index contributed by atoms with van der Waals surface area (Å²) >= 11 is 0. The second kappa shape index (κ2) is 48.5. The highest BCUT2D eigenvalue weighted by molar-refractivity contribution is 5.76. The van der Waals surface area contributed by atoms with Crippen LogP contribution in [-0.2, 0) is 33.2 Å². The van der Waals surface area contributed by atoms with Crippen molar-refractivity contribution < 1.29 is 89.4 Å². The molecule has 0 aromatic heterocycles. The molecule has 3 saturated heterocycles. The average molecular weight is 1220 g/mol. The zero-order chi connectivity index (χ0) is 62.6. The molecule has 19 nitrogen and oxygen atoms in total. The molecule has 17 atom stereocenters. The van der Waals surface area contributed by atoms with Crippen LogP contribution in [0.5, 0.6) is 0 Å². The minimum Gasteiger partial charge on any atom is -0.394 e. The van der Waals surface area contributed by atoms with Gasteiger partial charge in [-0.15, -0.1) is 0 Å². The standard InChI is InChI=1S/C67H113NO18/c1-3-5-7-9-11-13-15-17-19-21-23-24-25-27-28-30-32-34-36-38-40-42-44-51(72)50(68-55(73)45-43-41-39-37-35-33-31-29-26-22-20-18-16-14-12-10-8-6-4-2)49-81-65-61(79)58(76)63(53(47-70)83-65)86-67-62(80)59(77)64(54(48-71)84-67)85-66-60(78)57(75)56(74)52(46-69)82-66/h6,8,12,14,18,20,26-29,33-36,42,44,50-54,56-67,69-72,74-80H,3-5,7,9-11,13,15-17,19,21-25,30-32,37-41,43,45-49H2,1-2H3,(H,68,73)/b8-6-,14-12-,20-18-,28-27+,29-26-,35-33-,36-34+,44-42+. The minimum atomic E-state index is -1.99. The molecule has 0 bridgehead atoms. The Morgan fingerprint density at radius 2 is 0.814 bits per heavy atom. The first-order valence-electron chi connectivity index (χ1n) is 32.5. The summed E-state index contributed by atoms with van der Waals surface area (Å²) in [5, 5.41) is 120. The van der Waals surface area contributed by atoms with Crippen LogP contribution < -0.4 is 5.32 Å². The Hall–Kier alpha value is -3.29. The molecule has 17 unspecified atom stereocenters. The van der Waals surface area contributed by atoms with Gasteiger partial charge in [-0.25, -0.2) is 0 Å². The Labute approximate surface area is 513 Å². The predicted octanol–water partition coefficient (Wildman–Crippen LogP) is 7.32. The van der Waals surface area contributed by atoms with E-state index in [-0.39, 0.29) is 12.3 Å². The third-order valence-electron chi connectivity index (χ3n) is 15.6. The molecular formula is C67H113NO18. The van der Waals surface area contributed by atoms with E-state index < -0.39 is 131 Å². The van der Waals surface area contributed by atoms with E-state index in [1.165, 1.54) is 77.0 Å². The van der Waals surface area contributed by atoms with Gasteiger partial charge >= 0.3 is 0 Å². The predicted molar refractivity (Wildman–Crippen MR) is 332 cm³/mol. The SMILES string of the molecule is CC/C=C\C/C=C\C/C=C\C/C=C\C/C=C\CCCCCC(=O)NC(COC1OC(CO)C(OC2OC(CO)C(OC3OC(CO)C(O)C(O)C3O)C(O)C2O)C(O)C1O)C(O)/C=C/CC/C=C/CC/C=C/CCCCCCCCCCCCCC. The molecule has 19 heteroatoms. The number of nitrogens with one attached hydrogen (secondary N) is 1. The Morgan fingerprint density at radius 1 is 0.430 bits per heavy atom. The summed E-state index contributed by atoms with van der Waals surface area (Å²) in [6.07, 6.45) is 35.3. The summed E-state index contributed by atoms with van der Waals surface area (Å²) in [6.45, 7) is 1.54. The molecule has 3 aliphatic heterocycles. The minimum absolute atomic E-state index is 0.187. The molecular weight excluding hydrogens is 1110 g/mol. The van der Waals surface area contributed by atoms with Gasteiger partial charge in [0.05, 0.1) is 38.6 Å². The highest BCUT2D eigenvalue weighted by Crippen LogP contribution is 2.33. The third-order valence-corrected chi connectivity index (χ3v) is 15.6. The van der Waals surface area contributed by atoms with Gasteiger partial charge in [0.1, 0.15) is 73.2 Å². The number of amides is 1. The summed E-state index contributed by atoms with van der Waals surface area (Å²) in [7, 11) is 0. The Kier molecular flexibility index (Phi) is 43.4. The second-order valence-electron chi connectivity index (χ2n) is 22.8. The van der Waals surface area contributed by atoms with E-state index in [2.05, 4.69) is 104 Å². The van der Waals surface area contributed by atoms with Gasteiger partial charge in [-0.05, 0) is 89.9 Å². The van der Waals surface area contributed by atoms with Crippen LogP contribution in [0, 0.1) is 0 Å². The monoisotopic (exact) mass is 1220 g/mol. The van der Waals surface area contributed by atoms with Crippen LogP contribution in [0.15, 0.2) is 97.2 Å². The molecule has 3 heterocycles. The average Bonchev–Trinajstić information content (AvgIpc) is 2.80. The van der Waals surface area contributed by atoms with Crippen LogP contribution in [0.2, 0.25) is 0 Å². The normalized spacial score (nSPS) is 29.4. The molecule has 1 amide bonds. The molecule has 0 radical (unpaired) electrons. The van der Waals surface area contributed by atoms with Gasteiger partial charge in [0, 0.05) is 6.42 Å². The Balaban J connectivity index is 1.51. The number of carbonyl (C=O) groups excluding carboxylic acids is 1. The second-order valence-corrected chi connectivity index (χ2v) is 22.8. The number of hydrogen-bond acceptors (Lipinski definition) is 18. The van der Waals surface area contributed by atoms with Crippen LogP contribution >= 0.6 is 0 Å². The molecule has 0 aromatic carbocycles. The molecule has 0 spiro atoms. The topological polar surface area (TPSA) is 307 Å². The van der Waals surface area contributed by atoms with Crippen LogP contribution in [0.4, 0.5) is 0 Å². The van der Waals surface area contributed by atoms with Crippen LogP contribution in [-0.4, -0.2) is 193 Å². The summed E-state index contributed by atoms with van der Waals surface area (Å²) in [5.74, 6) is -0.325. The maximum atomic E-state index is 13.4. The largest absolute Gasteiger partial charge is 0.394 e. The smallest absolute Gasteiger partial charge is 0.220 e. The molecule has 3 rings (SSSR count). The highest BCUT2D eigenvalue weighted by atomic mass is 16.8. The Morgan fingerprint density at radius 3 is 1.30 bits per heavy atom. The summed E-state index contributed by atoms with van der Waals surface area (Å²) in [5.41, 5.74) is 0. The number of hydrogen-bond donors (Lipinski definition) is 12. The van der Waals surface area contributed by atoms with Crippen molar-refractivity contribution in [3.05, 3.63) is 97.2 Å². The van der Waals surface area contributed by atoms with Crippen molar-refractivity contribution in [3.8, 4) is 0 Å². The van der Waals surface area contributed by atoms with E-state index in [1.807, 2.05) is 6.08 Å². The van der Waals surface area contributed by atoms with Gasteiger partial charge in [-0.1, -0.05) is 188 Å². The van der Waals surface area contributed by atoms with Crippen LogP contribution in [0.1, 0.15) is 187 Å². The van der Waals surface area contributed by atoms with Crippen molar-refractivity contribution in [2.24, 2.45) is 0 Å². The number of allylic oxidation sites excluding steroid dienone is 15. The summed E-state index contributed by atoms with van der Waals surface area (Å²) in [4.78, 5) is 13.4. The molecule has 0 aliphatic carbocycles. The lowest BCUT2D eigenvalue weighted by Crippen LogP contribution is -2.66. The number of aliphatic hydroxyl groups excluding tert-OH is 11. The lowest BCUT2D eigenvalue weighted by atomic mass is 9.96. The molecule has 0 aromatic rings. The van der Waals surface area contributed by atoms with Crippen molar-refractivity contribution in [2.45, 2.75) is 291 Å². The summed E-state index contributed by atoms with van der Waals surface area (Å²) in [6, 6.07) is -1.02. The lowest BCUT2D eigenvalue weighted by molar-refractivity contribution is -0.379. The fourth-order valence-electron chi connectivity index (χ4n) is 10.3. The van der Waals surface area contributed by atoms with Crippen LogP contribution in [0.3, 0.4) is 0 Å². The molecule has 494 valence electrons. The highest BCUT2D eigenvalue weighted by Gasteiger charge is 2.53. The number of unbranched alkanes of at least 4 members (excludes halogenated alkanes) is 17. The van der Waals surface area contributed by atoms with E-state index in [9.17, 15) is 61.0 Å². The van der Waals surface area contributed by atoms with Crippen molar-refractivity contribution in [2.75, 3.05) is 26.4 Å². The van der Waals surface area contributed by atoms with Crippen LogP contribution in [0.25, 0.3) is 0 Å². The van der Waals surface area contributed by atoms with Gasteiger partial charge < -0.3 is 89.9 Å². The van der Waals surface area contributed by atoms with Crippen molar-refractivity contribution in [1.29, 1.82) is 0 Å². The van der Waals surface area contributed by atoms with Crippen molar-refractivity contribution in [3.63, 3.8) is 0 Å². The maximum absolute atomic E-state index is 13.4. The van der Waals surface area contributed by atoms with E-state index in [0.717, 1.165) is 77.0 Å². The van der Waals surface area contributed by atoms with Crippen molar-refractivity contribution >= 4 is 5.91 Å². The molecule has 0 saturated carbocycles. The van der Waals surface area contributed by atoms with E-state index in [4.69, 9.17) is 28.4 Å². The third kappa shape index (κ3) is 31.0. The zero-order valence-corrected chi connectivity index (χ0v) is 51.7. The van der Waals surface area contributed by atoms with Gasteiger partial charge in [-0.3, -0.25) is 4.79 Å². The fourth-order valence-corrected chi connectivity index (χ4v) is 10.3. The van der Waals surface area contributed by atoms with Gasteiger partial charge in [0.2, 0.25) is 5.91 Å². The van der Waals surface area contributed by atoms with Crippen molar-refractivity contribution in [1.82, 2.24) is 5.32 Å². The number of carbonyl (C=O) groups is 1. The van der Waals surface area contributed by atoms with Gasteiger partial charge in [0.25, 0.3) is 0 Å². The van der Waals surface area contributed by atoms with E-state index >= 15 is 0 Å². The van der Waals surface area contributed by atoms with E-state index in [1.54, 1.807) is 6.08 Å². The van der Waals surface area contributed by atoms with Gasteiger partial charge in [0.15, 0.2) is 18.9 Å². The first-order valence-corrected chi connectivity index (χ1v) is 32.5. The quantitative estimate of drug-likeness (QED) is 0.0210. The Bertz CT molecular complexity index is 1940. The molecule has 12 N–H and O–H groups in total. The fraction of sp³-hybridized carbons (Fsp3) is 0.746. The van der Waals surface area contributed by atoms with Gasteiger partial charge in [-0.2, -0.15) is 0 Å². The maximum Gasteiger partial charge on any atom is 0.220 e. The number of aliphatic hydroxyl groups is 11. The first-order chi connectivity index (χ1) is 41.8. The number of rotatable bonds is 47. The summed E-state index contributed by atoms with van der Waals surface area (Å²) < 4.78 is 34.2. The van der Waals surface area contributed by atoms with E-state index in [0.29, 0.717) is 12.8 Å². The molecule has 3 aliphatic rings. The molecule has 3 fully saturated rings. The lowest BCUT2D eigenvalue weighted by Gasteiger charge is -2.48. The first kappa shape index (κ1) is 77.0. The number of ether oxygens (including phenoxy) is 6. The zero-order valence-electron chi connectivity index (χ0n) is 51.7.